The second-order valence-electron chi connectivity index (χ2n) is 6.03. The first kappa shape index (κ1) is 14.5. The first-order chi connectivity index (χ1) is 8.79. The van der Waals surface area contributed by atoms with E-state index in [1.165, 1.54) is 6.07 Å². The fraction of sp³-hybridized carbons (Fsp3) is 0.571. The van der Waals surface area contributed by atoms with Gasteiger partial charge in [-0.25, -0.2) is 10.0 Å². The first-order valence-corrected chi connectivity index (χ1v) is 9.43. The summed E-state index contributed by atoms with van der Waals surface area (Å²) in [5, 5.41) is 33.1. The molecule has 0 saturated heterocycles. The maximum absolute atomic E-state index is 10.4. The van der Waals surface area contributed by atoms with Crippen molar-refractivity contribution in [3.8, 4) is 11.5 Å². The van der Waals surface area contributed by atoms with Crippen LogP contribution < -0.4 is 5.32 Å². The topological polar surface area (TPSA) is 72.7 Å². The van der Waals surface area contributed by atoms with Crippen molar-refractivity contribution in [2.24, 2.45) is 0 Å². The van der Waals surface area contributed by atoms with Gasteiger partial charge >= 0.3 is 0 Å². The number of nitrogens with one attached hydrogen (secondary N) is 1. The number of rotatable bonds is 3. The van der Waals surface area contributed by atoms with Crippen molar-refractivity contribution in [3.05, 3.63) is 23.3 Å². The van der Waals surface area contributed by atoms with E-state index in [2.05, 4.69) is 24.1 Å². The monoisotopic (exact) mass is 285 g/mol. The summed E-state index contributed by atoms with van der Waals surface area (Å²) in [7, 11) is -0.651. The Bertz CT molecular complexity index is 470. The number of phenolic OH excluding ortho intramolecular Hbond substituents is 2. The molecule has 1 aromatic rings. The predicted octanol–water partition coefficient (Wildman–Crippen LogP) is 1.69. The van der Waals surface area contributed by atoms with Crippen molar-refractivity contribution in [2.45, 2.75) is 25.0 Å². The predicted molar refractivity (Wildman–Crippen MR) is 80.2 cm³/mol. The van der Waals surface area contributed by atoms with Gasteiger partial charge < -0.3 is 20.6 Å². The van der Waals surface area contributed by atoms with Crippen molar-refractivity contribution in [3.63, 3.8) is 0 Å². The molecule has 0 saturated carbocycles. The van der Waals surface area contributed by atoms with Gasteiger partial charge in [0, 0.05) is 17.5 Å². The van der Waals surface area contributed by atoms with Gasteiger partial charge in [-0.3, -0.25) is 0 Å². The third-order valence-electron chi connectivity index (χ3n) is 3.48. The van der Waals surface area contributed by atoms with Crippen LogP contribution in [0, 0.1) is 0 Å². The fourth-order valence-electron chi connectivity index (χ4n) is 2.42. The third kappa shape index (κ3) is 3.16. The zero-order valence-electron chi connectivity index (χ0n) is 11.7. The van der Waals surface area contributed by atoms with Gasteiger partial charge in [0.25, 0.3) is 0 Å². The van der Waals surface area contributed by atoms with E-state index in [0.717, 1.165) is 17.9 Å². The zero-order chi connectivity index (χ0) is 14.2. The lowest BCUT2D eigenvalue weighted by Crippen LogP contribution is -2.39. The van der Waals surface area contributed by atoms with Gasteiger partial charge in [0.15, 0.2) is 11.5 Å². The smallest absolute Gasteiger partial charge is 0.161 e. The van der Waals surface area contributed by atoms with Crippen LogP contribution in [0.15, 0.2) is 12.1 Å². The highest BCUT2D eigenvalue weighted by molar-refractivity contribution is 8.32. The second kappa shape index (κ2) is 5.23. The molecule has 0 radical (unpaired) electrons. The Morgan fingerprint density at radius 2 is 1.95 bits per heavy atom. The Kier molecular flexibility index (Phi) is 3.99. The molecule has 108 valence electrons. The third-order valence-corrected chi connectivity index (χ3v) is 4.51. The van der Waals surface area contributed by atoms with Crippen molar-refractivity contribution < 1.29 is 15.3 Å². The first-order valence-electron chi connectivity index (χ1n) is 6.41. The SMILES string of the molecule is CS(C)(C)CN[C@@H]1CCc2c(ccc(O)c2O)[C@H]1O. The summed E-state index contributed by atoms with van der Waals surface area (Å²) in [6.07, 6.45) is 7.49. The van der Waals surface area contributed by atoms with E-state index in [-0.39, 0.29) is 17.5 Å². The Morgan fingerprint density at radius 3 is 2.58 bits per heavy atom. The number of aliphatic hydroxyl groups excluding tert-OH is 1. The standard InChI is InChI=1S/C14H23NO3S/c1-19(2,3)8-15-11-6-4-10-9(13(11)17)5-7-12(16)14(10)18/h5,7,11,13,15-18H,4,6,8H2,1-3H3/t11-,13-/m1/s1. The van der Waals surface area contributed by atoms with Crippen molar-refractivity contribution >= 4 is 10.0 Å². The van der Waals surface area contributed by atoms with Crippen LogP contribution in [0.4, 0.5) is 0 Å². The van der Waals surface area contributed by atoms with E-state index in [9.17, 15) is 15.3 Å². The molecule has 0 bridgehead atoms. The van der Waals surface area contributed by atoms with E-state index >= 15 is 0 Å². The molecule has 0 amide bonds. The van der Waals surface area contributed by atoms with Crippen molar-refractivity contribution in [1.29, 1.82) is 0 Å². The van der Waals surface area contributed by atoms with Crippen LogP contribution in [0.3, 0.4) is 0 Å². The minimum atomic E-state index is -0.651. The normalized spacial score (nSPS) is 24.0. The molecular formula is C14H23NO3S. The molecule has 0 spiro atoms. The van der Waals surface area contributed by atoms with Gasteiger partial charge in [0.2, 0.25) is 0 Å². The molecule has 0 heterocycles. The molecule has 1 aromatic carbocycles. The van der Waals surface area contributed by atoms with Gasteiger partial charge in [-0.1, -0.05) is 6.07 Å². The largest absolute Gasteiger partial charge is 0.504 e. The van der Waals surface area contributed by atoms with Gasteiger partial charge in [-0.15, -0.1) is 0 Å². The van der Waals surface area contributed by atoms with E-state index in [4.69, 9.17) is 0 Å². The summed E-state index contributed by atoms with van der Waals surface area (Å²) >= 11 is 0. The maximum Gasteiger partial charge on any atom is 0.161 e. The number of hydrogen-bond acceptors (Lipinski definition) is 4. The molecule has 0 aliphatic heterocycles. The molecular weight excluding hydrogens is 262 g/mol. The molecule has 2 rings (SSSR count). The molecule has 0 unspecified atom stereocenters. The number of benzene rings is 1. The summed E-state index contributed by atoms with van der Waals surface area (Å²) in [6.45, 7) is 0. The van der Waals surface area contributed by atoms with Gasteiger partial charge in [0.05, 0.1) is 6.10 Å². The zero-order valence-corrected chi connectivity index (χ0v) is 12.5. The van der Waals surface area contributed by atoms with Gasteiger partial charge in [-0.2, -0.15) is 0 Å². The lowest BCUT2D eigenvalue weighted by atomic mass is 9.85. The van der Waals surface area contributed by atoms with E-state index in [1.807, 2.05) is 0 Å². The van der Waals surface area contributed by atoms with Crippen LogP contribution in [0.25, 0.3) is 0 Å². The van der Waals surface area contributed by atoms with Crippen molar-refractivity contribution in [2.75, 3.05) is 24.6 Å². The van der Waals surface area contributed by atoms with E-state index < -0.39 is 16.1 Å². The Balaban J connectivity index is 2.16. The quantitative estimate of drug-likeness (QED) is 0.638. The molecule has 0 aromatic heterocycles. The van der Waals surface area contributed by atoms with Gasteiger partial charge in [0.1, 0.15) is 0 Å². The Hall–Kier alpha value is -0.910. The second-order valence-corrected chi connectivity index (χ2v) is 10.5. The number of hydrogen-bond donors (Lipinski definition) is 4. The molecule has 5 heteroatoms. The lowest BCUT2D eigenvalue weighted by Gasteiger charge is -2.35. The van der Waals surface area contributed by atoms with E-state index in [1.54, 1.807) is 6.07 Å². The summed E-state index contributed by atoms with van der Waals surface area (Å²) in [4.78, 5) is 0. The van der Waals surface area contributed by atoms with Crippen LogP contribution in [-0.4, -0.2) is 46.0 Å². The lowest BCUT2D eigenvalue weighted by molar-refractivity contribution is 0.117. The Morgan fingerprint density at radius 1 is 1.26 bits per heavy atom. The van der Waals surface area contributed by atoms with Crippen LogP contribution >= 0.6 is 10.0 Å². The molecule has 4 nitrogen and oxygen atoms in total. The van der Waals surface area contributed by atoms with Gasteiger partial charge in [-0.05, 0) is 43.2 Å². The number of phenols is 2. The van der Waals surface area contributed by atoms with Crippen LogP contribution in [0.1, 0.15) is 23.7 Å². The Labute approximate surface area is 115 Å². The van der Waals surface area contributed by atoms with Crippen molar-refractivity contribution in [1.82, 2.24) is 5.32 Å². The molecule has 4 N–H and O–H groups in total. The highest BCUT2D eigenvalue weighted by atomic mass is 32.3. The average molecular weight is 285 g/mol. The average Bonchev–Trinajstić information content (AvgIpc) is 2.32. The summed E-state index contributed by atoms with van der Waals surface area (Å²) in [5.74, 6) is 0.710. The minimum Gasteiger partial charge on any atom is -0.504 e. The highest BCUT2D eigenvalue weighted by Crippen LogP contribution is 2.40. The van der Waals surface area contributed by atoms with E-state index in [0.29, 0.717) is 12.0 Å². The number of fused-ring (bicyclic) bond motifs is 1. The summed E-state index contributed by atoms with van der Waals surface area (Å²) < 4.78 is 0. The van der Waals surface area contributed by atoms with Crippen LogP contribution in [-0.2, 0) is 6.42 Å². The molecule has 2 atom stereocenters. The summed E-state index contributed by atoms with van der Waals surface area (Å²) in [6, 6.07) is 3.16. The molecule has 1 aliphatic rings. The minimum absolute atomic E-state index is 0.0168. The number of aromatic hydroxyl groups is 2. The molecule has 0 fully saturated rings. The van der Waals surface area contributed by atoms with Crippen LogP contribution in [0.2, 0.25) is 0 Å². The molecule has 1 aliphatic carbocycles. The molecule has 19 heavy (non-hydrogen) atoms. The highest BCUT2D eigenvalue weighted by Gasteiger charge is 2.30. The maximum atomic E-state index is 10.4. The fourth-order valence-corrected chi connectivity index (χ4v) is 3.14. The summed E-state index contributed by atoms with van der Waals surface area (Å²) in [5.41, 5.74) is 1.40. The van der Waals surface area contributed by atoms with Crippen LogP contribution in [0.5, 0.6) is 11.5 Å². The number of aliphatic hydroxyl groups is 1.